The second kappa shape index (κ2) is 5.12. The first-order valence-corrected chi connectivity index (χ1v) is 9.56. The zero-order valence-electron chi connectivity index (χ0n) is 14.7. The van der Waals surface area contributed by atoms with Crippen LogP contribution in [0.15, 0.2) is 42.5 Å². The van der Waals surface area contributed by atoms with Crippen molar-refractivity contribution in [3.63, 3.8) is 0 Å². The number of hydrogen-bond acceptors (Lipinski definition) is 1. The van der Waals surface area contributed by atoms with E-state index in [1.54, 1.807) is 0 Å². The predicted octanol–water partition coefficient (Wildman–Crippen LogP) is 6.08. The minimum absolute atomic E-state index is 0.0949. The molecular formula is C23H26O. The summed E-state index contributed by atoms with van der Waals surface area (Å²) in [5.74, 6) is 4.11. The summed E-state index contributed by atoms with van der Waals surface area (Å²) in [4.78, 5) is 0. The molecule has 0 radical (unpaired) electrons. The molecule has 1 spiro atoms. The quantitative estimate of drug-likeness (QED) is 0.572. The van der Waals surface area contributed by atoms with Gasteiger partial charge in [-0.1, -0.05) is 56.3 Å². The van der Waals surface area contributed by atoms with Gasteiger partial charge in [0, 0.05) is 22.8 Å². The summed E-state index contributed by atoms with van der Waals surface area (Å²) in [5.41, 5.74) is 1.14. The fraction of sp³-hybridized carbons (Fsp3) is 0.478. The van der Waals surface area contributed by atoms with Crippen molar-refractivity contribution in [3.05, 3.63) is 48.0 Å². The Morgan fingerprint density at radius 2 is 1.83 bits per heavy atom. The van der Waals surface area contributed by atoms with Gasteiger partial charge in [-0.25, -0.2) is 0 Å². The van der Waals surface area contributed by atoms with Crippen LogP contribution >= 0.6 is 0 Å². The monoisotopic (exact) mass is 318 g/mol. The third kappa shape index (κ3) is 2.00. The Kier molecular flexibility index (Phi) is 3.11. The van der Waals surface area contributed by atoms with Crippen molar-refractivity contribution in [2.24, 2.45) is 23.7 Å². The lowest BCUT2D eigenvalue weighted by Gasteiger charge is -2.54. The fourth-order valence-corrected chi connectivity index (χ4v) is 5.81. The Morgan fingerprint density at radius 3 is 2.75 bits per heavy atom. The van der Waals surface area contributed by atoms with E-state index in [0.717, 1.165) is 17.6 Å². The number of hydrogen-bond donors (Lipinski definition) is 0. The van der Waals surface area contributed by atoms with E-state index >= 15 is 0 Å². The van der Waals surface area contributed by atoms with Crippen molar-refractivity contribution in [3.8, 4) is 5.75 Å². The molecule has 1 heteroatoms. The summed E-state index contributed by atoms with van der Waals surface area (Å²) in [6, 6.07) is 13.1. The molecule has 0 amide bonds. The number of fused-ring (bicyclic) bond motifs is 6. The van der Waals surface area contributed by atoms with E-state index < -0.39 is 0 Å². The smallest absolute Gasteiger partial charge is 0.135 e. The van der Waals surface area contributed by atoms with Gasteiger partial charge in [-0.2, -0.15) is 0 Å². The molecule has 2 aromatic carbocycles. The lowest BCUT2D eigenvalue weighted by molar-refractivity contribution is -0.0726. The SMILES string of the molecule is CC1CC2CC(C)C3(C=Cc4ccc5ccccc5c4O3)C(C1)C2. The van der Waals surface area contributed by atoms with Crippen molar-refractivity contribution in [1.82, 2.24) is 0 Å². The van der Waals surface area contributed by atoms with Gasteiger partial charge in [0.15, 0.2) is 0 Å². The van der Waals surface area contributed by atoms with Crippen molar-refractivity contribution in [1.29, 1.82) is 0 Å². The number of ether oxygens (including phenoxy) is 1. The van der Waals surface area contributed by atoms with Gasteiger partial charge in [-0.3, -0.25) is 0 Å². The Bertz CT molecular complexity index is 816. The minimum atomic E-state index is -0.0949. The van der Waals surface area contributed by atoms with E-state index in [1.807, 2.05) is 0 Å². The molecule has 2 fully saturated rings. The van der Waals surface area contributed by atoms with Crippen molar-refractivity contribution in [2.75, 3.05) is 0 Å². The molecule has 1 aliphatic heterocycles. The maximum Gasteiger partial charge on any atom is 0.135 e. The van der Waals surface area contributed by atoms with Gasteiger partial charge in [0.25, 0.3) is 0 Å². The van der Waals surface area contributed by atoms with Crippen LogP contribution in [0.1, 0.15) is 45.1 Å². The highest BCUT2D eigenvalue weighted by atomic mass is 16.5. The number of benzene rings is 2. The first kappa shape index (κ1) is 14.6. The molecule has 0 saturated heterocycles. The van der Waals surface area contributed by atoms with Gasteiger partial charge in [0.1, 0.15) is 11.4 Å². The maximum absolute atomic E-state index is 6.93. The molecule has 2 aliphatic carbocycles. The second-order valence-corrected chi connectivity index (χ2v) is 8.51. The van der Waals surface area contributed by atoms with Gasteiger partial charge in [0.05, 0.1) is 0 Å². The molecule has 24 heavy (non-hydrogen) atoms. The van der Waals surface area contributed by atoms with Gasteiger partial charge in [0.2, 0.25) is 0 Å². The van der Waals surface area contributed by atoms with E-state index in [2.05, 4.69) is 62.4 Å². The van der Waals surface area contributed by atoms with Crippen LogP contribution in [0.2, 0.25) is 0 Å². The molecule has 2 bridgehead atoms. The fourth-order valence-electron chi connectivity index (χ4n) is 5.81. The van der Waals surface area contributed by atoms with Gasteiger partial charge in [-0.05, 0) is 49.0 Å². The molecule has 5 unspecified atom stereocenters. The summed E-state index contributed by atoms with van der Waals surface area (Å²) in [5, 5.41) is 2.54. The second-order valence-electron chi connectivity index (χ2n) is 8.51. The van der Waals surface area contributed by atoms with Crippen molar-refractivity contribution >= 4 is 16.8 Å². The summed E-state index contributed by atoms with van der Waals surface area (Å²) in [6.45, 7) is 4.84. The summed E-state index contributed by atoms with van der Waals surface area (Å²) in [6.07, 6.45) is 10.1. The number of rotatable bonds is 0. The van der Waals surface area contributed by atoms with Crippen molar-refractivity contribution < 1.29 is 4.74 Å². The van der Waals surface area contributed by atoms with Crippen LogP contribution in [0.3, 0.4) is 0 Å². The van der Waals surface area contributed by atoms with Crippen molar-refractivity contribution in [2.45, 2.75) is 45.1 Å². The highest BCUT2D eigenvalue weighted by Crippen LogP contribution is 2.54. The molecule has 0 aromatic heterocycles. The Balaban J connectivity index is 1.63. The third-order valence-electron chi connectivity index (χ3n) is 6.85. The van der Waals surface area contributed by atoms with E-state index in [0.29, 0.717) is 11.8 Å². The molecule has 1 heterocycles. The predicted molar refractivity (Wildman–Crippen MR) is 100 cm³/mol. The molecular weight excluding hydrogens is 292 g/mol. The molecule has 5 rings (SSSR count). The van der Waals surface area contributed by atoms with E-state index in [1.165, 1.54) is 42.0 Å². The van der Waals surface area contributed by atoms with Crippen LogP contribution < -0.4 is 4.74 Å². The van der Waals surface area contributed by atoms with Gasteiger partial charge < -0.3 is 4.74 Å². The Morgan fingerprint density at radius 1 is 0.958 bits per heavy atom. The van der Waals surface area contributed by atoms with Crippen LogP contribution in [0.5, 0.6) is 5.75 Å². The summed E-state index contributed by atoms with van der Waals surface area (Å²) < 4.78 is 6.93. The molecule has 124 valence electrons. The van der Waals surface area contributed by atoms with Crippen LogP contribution in [0.25, 0.3) is 16.8 Å². The van der Waals surface area contributed by atoms with Gasteiger partial charge in [-0.15, -0.1) is 0 Å². The zero-order valence-corrected chi connectivity index (χ0v) is 14.7. The first-order chi connectivity index (χ1) is 11.7. The van der Waals surface area contributed by atoms with E-state index in [-0.39, 0.29) is 5.60 Å². The largest absolute Gasteiger partial charge is 0.481 e. The van der Waals surface area contributed by atoms with Gasteiger partial charge >= 0.3 is 0 Å². The minimum Gasteiger partial charge on any atom is -0.481 e. The zero-order chi connectivity index (χ0) is 16.3. The molecule has 0 N–H and O–H groups in total. The van der Waals surface area contributed by atoms with Crippen LogP contribution in [0.4, 0.5) is 0 Å². The molecule has 2 aromatic rings. The van der Waals surface area contributed by atoms with E-state index in [4.69, 9.17) is 4.74 Å². The van der Waals surface area contributed by atoms with Crippen LogP contribution in [-0.2, 0) is 0 Å². The topological polar surface area (TPSA) is 9.23 Å². The average molecular weight is 318 g/mol. The highest BCUT2D eigenvalue weighted by Gasteiger charge is 2.52. The summed E-state index contributed by atoms with van der Waals surface area (Å²) >= 11 is 0. The summed E-state index contributed by atoms with van der Waals surface area (Å²) in [7, 11) is 0. The maximum atomic E-state index is 6.93. The van der Waals surface area contributed by atoms with E-state index in [9.17, 15) is 0 Å². The average Bonchev–Trinajstić information content (AvgIpc) is 2.59. The third-order valence-corrected chi connectivity index (χ3v) is 6.85. The lowest BCUT2D eigenvalue weighted by atomic mass is 9.57. The molecule has 1 nitrogen and oxygen atoms in total. The Labute approximate surface area is 144 Å². The molecule has 2 saturated carbocycles. The van der Waals surface area contributed by atoms with Crippen LogP contribution in [-0.4, -0.2) is 5.60 Å². The lowest BCUT2D eigenvalue weighted by Crippen LogP contribution is -2.55. The normalized spacial score (nSPS) is 37.2. The Hall–Kier alpha value is -1.76. The first-order valence-electron chi connectivity index (χ1n) is 9.56. The molecule has 3 aliphatic rings. The molecule has 5 atom stereocenters. The highest BCUT2D eigenvalue weighted by molar-refractivity contribution is 5.92. The standard InChI is InChI=1S/C23H26O/c1-15-11-17-13-16(2)23(20(12-15)14-17)10-9-19-8-7-18-5-3-4-6-21(18)22(19)24-23/h3-10,15-17,20H,11-14H2,1-2H3. The van der Waals surface area contributed by atoms with Crippen LogP contribution in [0, 0.1) is 23.7 Å².